The van der Waals surface area contributed by atoms with Crippen molar-refractivity contribution in [2.45, 2.75) is 18.9 Å². The number of hydrogen-bond donors (Lipinski definition) is 3. The van der Waals surface area contributed by atoms with Gasteiger partial charge in [-0.05, 0) is 25.0 Å². The summed E-state index contributed by atoms with van der Waals surface area (Å²) in [6.07, 6.45) is 1.98. The molecule has 128 valence electrons. The maximum absolute atomic E-state index is 12.4. The quantitative estimate of drug-likeness (QED) is 0.663. The molecule has 3 N–H and O–H groups in total. The second-order valence-corrected chi connectivity index (χ2v) is 6.38. The fourth-order valence-corrected chi connectivity index (χ4v) is 2.81. The van der Waals surface area contributed by atoms with Gasteiger partial charge in [0.05, 0.1) is 26.2 Å². The third-order valence-electron chi connectivity index (χ3n) is 4.35. The van der Waals surface area contributed by atoms with Gasteiger partial charge in [0.1, 0.15) is 0 Å². The minimum atomic E-state index is -0.403. The van der Waals surface area contributed by atoms with Crippen molar-refractivity contribution in [3.05, 3.63) is 35.9 Å². The SMILES string of the molecule is O=C(C[NH+]1CCN(C(=O)c2ccccc2)CC1)NC(=O)NC1CC1. The van der Waals surface area contributed by atoms with Crippen molar-refractivity contribution in [3.63, 3.8) is 0 Å². The lowest BCUT2D eigenvalue weighted by molar-refractivity contribution is -0.895. The minimum absolute atomic E-state index is 0.0305. The van der Waals surface area contributed by atoms with Crippen LogP contribution in [0.4, 0.5) is 4.79 Å². The van der Waals surface area contributed by atoms with Crippen LogP contribution in [0.5, 0.6) is 0 Å². The number of nitrogens with one attached hydrogen (secondary N) is 3. The molecule has 1 saturated heterocycles. The summed E-state index contributed by atoms with van der Waals surface area (Å²) in [5.41, 5.74) is 0.690. The summed E-state index contributed by atoms with van der Waals surface area (Å²) in [7, 11) is 0. The lowest BCUT2D eigenvalue weighted by Gasteiger charge is -2.31. The second-order valence-electron chi connectivity index (χ2n) is 6.38. The summed E-state index contributed by atoms with van der Waals surface area (Å²) in [6, 6.07) is 9.05. The highest BCUT2D eigenvalue weighted by molar-refractivity contribution is 5.95. The molecule has 1 heterocycles. The number of imide groups is 1. The van der Waals surface area contributed by atoms with Crippen molar-refractivity contribution in [1.82, 2.24) is 15.5 Å². The van der Waals surface area contributed by atoms with E-state index in [1.807, 2.05) is 35.2 Å². The van der Waals surface area contributed by atoms with E-state index in [-0.39, 0.29) is 24.4 Å². The molecule has 1 aliphatic carbocycles. The molecule has 0 unspecified atom stereocenters. The molecule has 1 aromatic rings. The molecule has 2 aliphatic rings. The van der Waals surface area contributed by atoms with Crippen molar-refractivity contribution in [3.8, 4) is 0 Å². The van der Waals surface area contributed by atoms with Gasteiger partial charge in [0.25, 0.3) is 11.8 Å². The molecular formula is C17H23N4O3+. The summed E-state index contributed by atoms with van der Waals surface area (Å²) in [5.74, 6) is -0.242. The van der Waals surface area contributed by atoms with E-state index in [9.17, 15) is 14.4 Å². The molecule has 0 aromatic heterocycles. The predicted octanol–water partition coefficient (Wildman–Crippen LogP) is -0.984. The Morgan fingerprint density at radius 3 is 2.38 bits per heavy atom. The first-order valence-corrected chi connectivity index (χ1v) is 8.40. The minimum Gasteiger partial charge on any atom is -0.335 e. The third kappa shape index (κ3) is 4.55. The Morgan fingerprint density at radius 1 is 1.08 bits per heavy atom. The summed E-state index contributed by atoms with van der Waals surface area (Å²) in [4.78, 5) is 38.7. The average Bonchev–Trinajstić information content (AvgIpc) is 3.39. The van der Waals surface area contributed by atoms with Gasteiger partial charge in [0.2, 0.25) is 0 Å². The van der Waals surface area contributed by atoms with E-state index in [0.29, 0.717) is 31.7 Å². The van der Waals surface area contributed by atoms with Crippen LogP contribution in [0.3, 0.4) is 0 Å². The highest BCUT2D eigenvalue weighted by Crippen LogP contribution is 2.18. The van der Waals surface area contributed by atoms with Gasteiger partial charge in [0, 0.05) is 11.6 Å². The molecule has 3 rings (SSSR count). The van der Waals surface area contributed by atoms with Crippen LogP contribution in [-0.2, 0) is 4.79 Å². The molecule has 2 fully saturated rings. The van der Waals surface area contributed by atoms with Gasteiger partial charge in [-0.25, -0.2) is 4.79 Å². The molecule has 4 amide bonds. The van der Waals surface area contributed by atoms with Crippen LogP contribution < -0.4 is 15.5 Å². The number of hydrogen-bond acceptors (Lipinski definition) is 3. The van der Waals surface area contributed by atoms with Gasteiger partial charge in [-0.3, -0.25) is 14.9 Å². The Labute approximate surface area is 141 Å². The fourth-order valence-electron chi connectivity index (χ4n) is 2.81. The fraction of sp³-hybridized carbons (Fsp3) is 0.471. The number of carbonyl (C=O) groups excluding carboxylic acids is 3. The number of benzene rings is 1. The van der Waals surface area contributed by atoms with Crippen molar-refractivity contribution in [2.24, 2.45) is 0 Å². The standard InChI is InChI=1S/C17H22N4O3/c22-15(19-17(24)18-14-6-7-14)12-20-8-10-21(11-9-20)16(23)13-4-2-1-3-5-13/h1-5,14H,6-12H2,(H2,18,19,22,24)/p+1. The normalized spacial score (nSPS) is 18.1. The summed E-state index contributed by atoms with van der Waals surface area (Å²) in [6.45, 7) is 2.90. The Balaban J connectivity index is 1.40. The molecule has 1 aliphatic heterocycles. The molecule has 0 bridgehead atoms. The molecule has 7 nitrogen and oxygen atoms in total. The molecular weight excluding hydrogens is 308 g/mol. The number of nitrogens with zero attached hydrogens (tertiary/aromatic N) is 1. The van der Waals surface area contributed by atoms with Crippen LogP contribution in [0.15, 0.2) is 30.3 Å². The maximum Gasteiger partial charge on any atom is 0.321 e. The molecule has 1 aromatic carbocycles. The van der Waals surface area contributed by atoms with Crippen LogP contribution in [0.1, 0.15) is 23.2 Å². The highest BCUT2D eigenvalue weighted by atomic mass is 16.2. The smallest absolute Gasteiger partial charge is 0.321 e. The Bertz CT molecular complexity index is 608. The van der Waals surface area contributed by atoms with Gasteiger partial charge in [-0.1, -0.05) is 18.2 Å². The zero-order valence-electron chi connectivity index (χ0n) is 13.6. The van der Waals surface area contributed by atoms with Gasteiger partial charge in [-0.2, -0.15) is 0 Å². The van der Waals surface area contributed by atoms with E-state index in [2.05, 4.69) is 10.6 Å². The van der Waals surface area contributed by atoms with Gasteiger partial charge >= 0.3 is 6.03 Å². The number of piperazine rings is 1. The molecule has 24 heavy (non-hydrogen) atoms. The number of amides is 4. The first-order valence-electron chi connectivity index (χ1n) is 8.40. The van der Waals surface area contributed by atoms with Crippen LogP contribution in [0.2, 0.25) is 0 Å². The van der Waals surface area contributed by atoms with E-state index >= 15 is 0 Å². The number of carbonyl (C=O) groups is 3. The zero-order valence-corrected chi connectivity index (χ0v) is 13.6. The van der Waals surface area contributed by atoms with Crippen LogP contribution in [0, 0.1) is 0 Å². The van der Waals surface area contributed by atoms with E-state index in [0.717, 1.165) is 17.7 Å². The van der Waals surface area contributed by atoms with Crippen LogP contribution >= 0.6 is 0 Å². The van der Waals surface area contributed by atoms with Gasteiger partial charge < -0.3 is 15.1 Å². The topological polar surface area (TPSA) is 83.0 Å². The molecule has 0 spiro atoms. The van der Waals surface area contributed by atoms with Crippen molar-refractivity contribution >= 4 is 17.8 Å². The van der Waals surface area contributed by atoms with E-state index in [1.54, 1.807) is 0 Å². The van der Waals surface area contributed by atoms with Crippen molar-refractivity contribution in [2.75, 3.05) is 32.7 Å². The van der Waals surface area contributed by atoms with Crippen molar-refractivity contribution in [1.29, 1.82) is 0 Å². The second kappa shape index (κ2) is 7.44. The third-order valence-corrected chi connectivity index (χ3v) is 4.35. The lowest BCUT2D eigenvalue weighted by Crippen LogP contribution is -3.15. The number of urea groups is 1. The highest BCUT2D eigenvalue weighted by Gasteiger charge is 2.27. The molecule has 0 radical (unpaired) electrons. The maximum atomic E-state index is 12.4. The van der Waals surface area contributed by atoms with Crippen molar-refractivity contribution < 1.29 is 19.3 Å². The summed E-state index contributed by atoms with van der Waals surface area (Å²) < 4.78 is 0. The predicted molar refractivity (Wildman–Crippen MR) is 87.6 cm³/mol. The largest absolute Gasteiger partial charge is 0.335 e. The monoisotopic (exact) mass is 331 g/mol. The lowest BCUT2D eigenvalue weighted by atomic mass is 10.2. The Hall–Kier alpha value is -2.41. The van der Waals surface area contributed by atoms with Gasteiger partial charge in [-0.15, -0.1) is 0 Å². The number of quaternary nitrogens is 1. The van der Waals surface area contributed by atoms with Gasteiger partial charge in [0.15, 0.2) is 6.54 Å². The molecule has 0 atom stereocenters. The summed E-state index contributed by atoms with van der Waals surface area (Å²) in [5, 5.41) is 5.10. The first-order chi connectivity index (χ1) is 11.6. The Morgan fingerprint density at radius 2 is 1.75 bits per heavy atom. The number of rotatable bonds is 4. The van der Waals surface area contributed by atoms with Crippen LogP contribution in [-0.4, -0.2) is 61.5 Å². The summed E-state index contributed by atoms with van der Waals surface area (Å²) >= 11 is 0. The van der Waals surface area contributed by atoms with E-state index in [4.69, 9.17) is 0 Å². The van der Waals surface area contributed by atoms with E-state index < -0.39 is 6.03 Å². The zero-order chi connectivity index (χ0) is 16.9. The molecule has 7 heteroatoms. The van der Waals surface area contributed by atoms with Crippen LogP contribution in [0.25, 0.3) is 0 Å². The Kier molecular flexibility index (Phi) is 5.10. The first kappa shape index (κ1) is 16.4. The average molecular weight is 331 g/mol. The van der Waals surface area contributed by atoms with E-state index in [1.165, 1.54) is 0 Å². The molecule has 1 saturated carbocycles.